The van der Waals surface area contributed by atoms with E-state index in [2.05, 4.69) is 15.6 Å². The average Bonchev–Trinajstić information content (AvgIpc) is 3.37. The molecule has 2 aliphatic rings. The number of furan rings is 1. The van der Waals surface area contributed by atoms with E-state index in [0.29, 0.717) is 5.56 Å². The maximum atomic E-state index is 14.7. The summed E-state index contributed by atoms with van der Waals surface area (Å²) >= 11 is 0. The molecule has 4 heterocycles. The molecule has 1 fully saturated rings. The fourth-order valence-corrected chi connectivity index (χ4v) is 3.94. The Morgan fingerprint density at radius 1 is 1.26 bits per heavy atom. The van der Waals surface area contributed by atoms with Crippen LogP contribution in [0.3, 0.4) is 0 Å². The molecule has 0 bridgehead atoms. The Bertz CT molecular complexity index is 1290. The third kappa shape index (κ3) is 2.73. The number of halogens is 2. The first kappa shape index (κ1) is 19.0. The Balaban J connectivity index is 1.56. The minimum atomic E-state index is -1.80. The maximum Gasteiger partial charge on any atom is 0.322 e. The molecule has 5 rings (SSSR count). The number of hydrogen-bond donors (Lipinski definition) is 2. The highest BCUT2D eigenvalue weighted by atomic mass is 19.1. The van der Waals surface area contributed by atoms with Gasteiger partial charge in [0.15, 0.2) is 17.1 Å². The van der Waals surface area contributed by atoms with Crippen molar-refractivity contribution in [1.82, 2.24) is 20.5 Å². The highest BCUT2D eigenvalue weighted by Gasteiger charge is 2.53. The molecule has 158 valence electrons. The van der Waals surface area contributed by atoms with E-state index in [0.717, 1.165) is 12.3 Å². The molecular weight excluding hydrogens is 414 g/mol. The molecule has 0 spiro atoms. The number of nitrogens with zero attached hydrogens (tertiary/aromatic N) is 2. The van der Waals surface area contributed by atoms with E-state index in [1.165, 1.54) is 24.1 Å². The van der Waals surface area contributed by atoms with Crippen LogP contribution in [0.25, 0.3) is 11.1 Å². The van der Waals surface area contributed by atoms with Gasteiger partial charge >= 0.3 is 6.03 Å². The largest absolute Gasteiger partial charge is 0.494 e. The van der Waals surface area contributed by atoms with Crippen LogP contribution in [0.1, 0.15) is 21.7 Å². The van der Waals surface area contributed by atoms with E-state index in [1.54, 1.807) is 6.07 Å². The van der Waals surface area contributed by atoms with E-state index < -0.39 is 35.0 Å². The topological polar surface area (TPSA) is 114 Å². The number of ether oxygens (including phenoxy) is 1. The number of carbonyl (C=O) groups is 3. The van der Waals surface area contributed by atoms with Gasteiger partial charge in [0.25, 0.3) is 11.8 Å². The summed E-state index contributed by atoms with van der Waals surface area (Å²) in [4.78, 5) is 42.8. The standard InChI is InChI=1S/C20H14F2N4O5/c1-30-12-3-2-9-7-26(17(27)14(9)15(12)22)8-20(18(28)24-19(29)25-20)13-5-10-4-11(21)6-23-16(10)31-13/h2-6H,7-8H2,1H3,(H2,24,25,28,29)/t20-/m0/s1. The minimum Gasteiger partial charge on any atom is -0.494 e. The summed E-state index contributed by atoms with van der Waals surface area (Å²) < 4.78 is 38.8. The first-order valence-electron chi connectivity index (χ1n) is 9.16. The lowest BCUT2D eigenvalue weighted by molar-refractivity contribution is -0.125. The van der Waals surface area contributed by atoms with E-state index in [1.807, 2.05) is 0 Å². The van der Waals surface area contributed by atoms with Crippen LogP contribution in [0.4, 0.5) is 13.6 Å². The zero-order chi connectivity index (χ0) is 21.9. The fourth-order valence-electron chi connectivity index (χ4n) is 3.94. The molecule has 2 N–H and O–H groups in total. The maximum absolute atomic E-state index is 14.7. The molecular formula is C20H14F2N4O5. The molecule has 2 aliphatic heterocycles. The summed E-state index contributed by atoms with van der Waals surface area (Å²) in [6.45, 7) is -0.338. The number of carbonyl (C=O) groups excluding carboxylic acids is 3. The van der Waals surface area contributed by atoms with Crippen LogP contribution in [-0.4, -0.2) is 41.4 Å². The van der Waals surface area contributed by atoms with Crippen molar-refractivity contribution in [2.75, 3.05) is 13.7 Å². The van der Waals surface area contributed by atoms with E-state index in [9.17, 15) is 23.2 Å². The minimum absolute atomic E-state index is 0.00703. The molecule has 0 saturated carbocycles. The van der Waals surface area contributed by atoms with Gasteiger partial charge in [0.05, 0.1) is 25.4 Å². The van der Waals surface area contributed by atoms with Gasteiger partial charge in [0.1, 0.15) is 11.6 Å². The lowest BCUT2D eigenvalue weighted by Crippen LogP contribution is -2.52. The summed E-state index contributed by atoms with van der Waals surface area (Å²) in [6, 6.07) is 4.71. The number of benzene rings is 1. The molecule has 0 radical (unpaired) electrons. The van der Waals surface area contributed by atoms with Crippen molar-refractivity contribution in [2.45, 2.75) is 12.1 Å². The van der Waals surface area contributed by atoms with Gasteiger partial charge in [-0.05, 0) is 23.8 Å². The van der Waals surface area contributed by atoms with Crippen LogP contribution in [-0.2, 0) is 16.9 Å². The Labute approximate surface area is 173 Å². The number of nitrogens with one attached hydrogen (secondary N) is 2. The number of methoxy groups -OCH3 is 1. The average molecular weight is 428 g/mol. The van der Waals surface area contributed by atoms with Crippen molar-refractivity contribution >= 4 is 28.9 Å². The summed E-state index contributed by atoms with van der Waals surface area (Å²) in [5.41, 5.74) is -1.49. The van der Waals surface area contributed by atoms with Crippen molar-refractivity contribution in [3.8, 4) is 5.75 Å². The van der Waals surface area contributed by atoms with Crippen molar-refractivity contribution in [2.24, 2.45) is 0 Å². The lowest BCUT2D eigenvalue weighted by atomic mass is 9.95. The Hall–Kier alpha value is -4.02. The first-order valence-corrected chi connectivity index (χ1v) is 9.16. The number of pyridine rings is 1. The molecule has 31 heavy (non-hydrogen) atoms. The van der Waals surface area contributed by atoms with Gasteiger partial charge in [-0.25, -0.2) is 18.6 Å². The van der Waals surface area contributed by atoms with E-state index in [-0.39, 0.29) is 41.3 Å². The van der Waals surface area contributed by atoms with Crippen molar-refractivity contribution < 1.29 is 32.3 Å². The SMILES string of the molecule is COc1ccc2c(c1F)C(=O)N(C[C@@]1(c3cc4cc(F)cnc4o3)NC(=O)NC1=O)C2. The summed E-state index contributed by atoms with van der Waals surface area (Å²) in [7, 11) is 1.29. The second-order valence-electron chi connectivity index (χ2n) is 7.25. The van der Waals surface area contributed by atoms with Crippen LogP contribution in [0.15, 0.2) is 34.9 Å². The van der Waals surface area contributed by atoms with E-state index >= 15 is 0 Å². The summed E-state index contributed by atoms with van der Waals surface area (Å²) in [5, 5.41) is 4.89. The normalized spacial score (nSPS) is 20.2. The van der Waals surface area contributed by atoms with Gasteiger partial charge in [-0.1, -0.05) is 6.07 Å². The number of aromatic nitrogens is 1. The molecule has 4 amide bonds. The first-order chi connectivity index (χ1) is 14.8. The van der Waals surface area contributed by atoms with Crippen molar-refractivity contribution in [1.29, 1.82) is 0 Å². The van der Waals surface area contributed by atoms with Crippen LogP contribution in [0, 0.1) is 11.6 Å². The van der Waals surface area contributed by atoms with Gasteiger partial charge in [0.2, 0.25) is 5.71 Å². The Morgan fingerprint density at radius 2 is 2.06 bits per heavy atom. The van der Waals surface area contributed by atoms with Crippen LogP contribution < -0.4 is 15.4 Å². The van der Waals surface area contributed by atoms with Crippen LogP contribution >= 0.6 is 0 Å². The van der Waals surface area contributed by atoms with Gasteiger partial charge in [-0.15, -0.1) is 0 Å². The second kappa shape index (κ2) is 6.49. The van der Waals surface area contributed by atoms with Crippen molar-refractivity contribution in [3.63, 3.8) is 0 Å². The summed E-state index contributed by atoms with van der Waals surface area (Å²) in [5.74, 6) is -2.96. The van der Waals surface area contributed by atoms with Crippen LogP contribution in [0.2, 0.25) is 0 Å². The number of amides is 4. The van der Waals surface area contributed by atoms with Gasteiger partial charge < -0.3 is 19.4 Å². The number of hydrogen-bond acceptors (Lipinski definition) is 6. The molecule has 9 nitrogen and oxygen atoms in total. The number of urea groups is 1. The molecule has 2 aromatic heterocycles. The number of imide groups is 1. The lowest BCUT2D eigenvalue weighted by Gasteiger charge is -2.28. The Morgan fingerprint density at radius 3 is 2.77 bits per heavy atom. The number of rotatable bonds is 4. The third-order valence-electron chi connectivity index (χ3n) is 5.40. The molecule has 11 heteroatoms. The Kier molecular flexibility index (Phi) is 3.97. The van der Waals surface area contributed by atoms with Gasteiger partial charge in [-0.2, -0.15) is 0 Å². The summed E-state index contributed by atoms with van der Waals surface area (Å²) in [6.07, 6.45) is 0.951. The van der Waals surface area contributed by atoms with Gasteiger partial charge in [-0.3, -0.25) is 14.9 Å². The smallest absolute Gasteiger partial charge is 0.322 e. The fraction of sp³-hybridized carbons (Fsp3) is 0.200. The van der Waals surface area contributed by atoms with Crippen molar-refractivity contribution in [3.05, 3.63) is 59.0 Å². The zero-order valence-corrected chi connectivity index (χ0v) is 16.0. The molecule has 1 aromatic carbocycles. The molecule has 0 unspecified atom stereocenters. The highest BCUT2D eigenvalue weighted by Crippen LogP contribution is 2.36. The van der Waals surface area contributed by atoms with Crippen LogP contribution in [0.5, 0.6) is 5.75 Å². The molecule has 1 saturated heterocycles. The quantitative estimate of drug-likeness (QED) is 0.613. The van der Waals surface area contributed by atoms with E-state index in [4.69, 9.17) is 9.15 Å². The number of fused-ring (bicyclic) bond motifs is 2. The molecule has 3 aromatic rings. The monoisotopic (exact) mass is 428 g/mol. The second-order valence-corrected chi connectivity index (χ2v) is 7.25. The molecule has 0 aliphatic carbocycles. The third-order valence-corrected chi connectivity index (χ3v) is 5.40. The van der Waals surface area contributed by atoms with Gasteiger partial charge in [0, 0.05) is 11.9 Å². The predicted octanol–water partition coefficient (Wildman–Crippen LogP) is 1.81. The molecule has 1 atom stereocenters. The predicted molar refractivity (Wildman–Crippen MR) is 100 cm³/mol. The zero-order valence-electron chi connectivity index (χ0n) is 16.0. The highest BCUT2D eigenvalue weighted by molar-refractivity contribution is 6.08.